The molecule has 0 bridgehead atoms. The molecule has 0 radical (unpaired) electrons. The van der Waals surface area contributed by atoms with Crippen LogP contribution in [0.15, 0.2) is 77.0 Å². The van der Waals surface area contributed by atoms with E-state index in [9.17, 15) is 9.90 Å². The maximum Gasteiger partial charge on any atom is 0.290 e. The molecule has 0 spiro atoms. The van der Waals surface area contributed by atoms with Crippen molar-refractivity contribution in [2.75, 3.05) is 21.3 Å². The van der Waals surface area contributed by atoms with Crippen LogP contribution in [0.1, 0.15) is 22.7 Å². The highest BCUT2D eigenvalue weighted by atomic mass is 79.9. The molecular weight excluding hydrogens is 486 g/mol. The average molecular weight is 510 g/mol. The Morgan fingerprint density at radius 1 is 0.909 bits per heavy atom. The SMILES string of the molecule is COc1ccc(C2=C(O)C(=O)N(Cc3ccc(OC)cc3OC)C2c2cccc(Br)c2)cc1. The van der Waals surface area contributed by atoms with Crippen molar-refractivity contribution in [2.45, 2.75) is 12.6 Å². The number of aliphatic hydroxyl groups is 1. The summed E-state index contributed by atoms with van der Waals surface area (Å²) < 4.78 is 17.0. The molecule has 1 amide bonds. The molecule has 33 heavy (non-hydrogen) atoms. The maximum atomic E-state index is 13.3. The quantitative estimate of drug-likeness (QED) is 0.453. The van der Waals surface area contributed by atoms with E-state index < -0.39 is 11.9 Å². The van der Waals surface area contributed by atoms with E-state index in [0.29, 0.717) is 22.8 Å². The Balaban J connectivity index is 1.81. The summed E-state index contributed by atoms with van der Waals surface area (Å²) in [7, 11) is 4.76. The first-order valence-corrected chi connectivity index (χ1v) is 11.1. The second kappa shape index (κ2) is 9.58. The van der Waals surface area contributed by atoms with Crippen molar-refractivity contribution in [3.8, 4) is 17.2 Å². The van der Waals surface area contributed by atoms with E-state index in [4.69, 9.17) is 14.2 Å². The monoisotopic (exact) mass is 509 g/mol. The van der Waals surface area contributed by atoms with Crippen LogP contribution in [0, 0.1) is 0 Å². The zero-order valence-electron chi connectivity index (χ0n) is 18.5. The first kappa shape index (κ1) is 22.7. The van der Waals surface area contributed by atoms with Crippen molar-refractivity contribution in [1.29, 1.82) is 0 Å². The fraction of sp³-hybridized carbons (Fsp3) is 0.192. The minimum Gasteiger partial charge on any atom is -0.503 e. The van der Waals surface area contributed by atoms with Crippen LogP contribution < -0.4 is 14.2 Å². The maximum absolute atomic E-state index is 13.3. The number of hydrogen-bond donors (Lipinski definition) is 1. The highest BCUT2D eigenvalue weighted by Crippen LogP contribution is 2.45. The summed E-state index contributed by atoms with van der Waals surface area (Å²) in [4.78, 5) is 15.0. The molecule has 0 saturated heterocycles. The van der Waals surface area contributed by atoms with Crippen molar-refractivity contribution in [2.24, 2.45) is 0 Å². The highest BCUT2D eigenvalue weighted by Gasteiger charge is 2.41. The number of methoxy groups -OCH3 is 3. The van der Waals surface area contributed by atoms with Gasteiger partial charge in [-0.2, -0.15) is 0 Å². The third kappa shape index (κ3) is 4.41. The summed E-state index contributed by atoms with van der Waals surface area (Å²) in [5.41, 5.74) is 2.97. The van der Waals surface area contributed by atoms with Crippen molar-refractivity contribution < 1.29 is 24.1 Å². The van der Waals surface area contributed by atoms with Gasteiger partial charge < -0.3 is 24.2 Å². The third-order valence-electron chi connectivity index (χ3n) is 5.70. The largest absolute Gasteiger partial charge is 0.503 e. The Bertz CT molecular complexity index is 1210. The van der Waals surface area contributed by atoms with Gasteiger partial charge in [0.25, 0.3) is 5.91 Å². The van der Waals surface area contributed by atoms with E-state index in [1.54, 1.807) is 32.3 Å². The van der Waals surface area contributed by atoms with Crippen molar-refractivity contribution in [3.63, 3.8) is 0 Å². The molecule has 0 fully saturated rings. The van der Waals surface area contributed by atoms with Crippen molar-refractivity contribution >= 4 is 27.4 Å². The Labute approximate surface area is 201 Å². The summed E-state index contributed by atoms with van der Waals surface area (Å²) in [6, 6.07) is 20.0. The lowest BCUT2D eigenvalue weighted by atomic mass is 9.93. The Hall–Kier alpha value is -3.45. The number of rotatable bonds is 7. The molecule has 170 valence electrons. The van der Waals surface area contributed by atoms with Crippen LogP contribution in [0.3, 0.4) is 0 Å². The van der Waals surface area contributed by atoms with Crippen LogP contribution in [0.4, 0.5) is 0 Å². The zero-order valence-corrected chi connectivity index (χ0v) is 20.1. The standard InChI is InChI=1S/C26H24BrNO5/c1-31-20-10-7-16(8-11-20)23-24(17-5-4-6-19(27)13-17)28(26(30)25(23)29)15-18-9-12-21(32-2)14-22(18)33-3/h4-14,24,29H,15H2,1-3H3. The van der Waals surface area contributed by atoms with Crippen LogP contribution in [-0.4, -0.2) is 37.2 Å². The minimum atomic E-state index is -0.491. The van der Waals surface area contributed by atoms with Gasteiger partial charge in [0.1, 0.15) is 17.2 Å². The Morgan fingerprint density at radius 2 is 1.61 bits per heavy atom. The van der Waals surface area contributed by atoms with Gasteiger partial charge in [0, 0.05) is 21.7 Å². The number of benzene rings is 3. The zero-order chi connectivity index (χ0) is 23.5. The highest BCUT2D eigenvalue weighted by molar-refractivity contribution is 9.10. The lowest BCUT2D eigenvalue weighted by Crippen LogP contribution is -2.30. The number of nitrogens with zero attached hydrogens (tertiary/aromatic N) is 1. The van der Waals surface area contributed by atoms with Gasteiger partial charge in [-0.25, -0.2) is 0 Å². The van der Waals surface area contributed by atoms with E-state index in [1.165, 1.54) is 0 Å². The number of carbonyl (C=O) groups is 1. The van der Waals surface area contributed by atoms with Crippen LogP contribution in [0.2, 0.25) is 0 Å². The molecule has 3 aromatic carbocycles. The molecule has 1 heterocycles. The molecule has 1 aliphatic heterocycles. The Kier molecular flexibility index (Phi) is 6.60. The second-order valence-electron chi connectivity index (χ2n) is 7.56. The van der Waals surface area contributed by atoms with Crippen molar-refractivity contribution in [3.05, 3.63) is 93.7 Å². The van der Waals surface area contributed by atoms with Gasteiger partial charge in [-0.15, -0.1) is 0 Å². The molecule has 1 aliphatic rings. The molecule has 0 aromatic heterocycles. The molecule has 1 atom stereocenters. The van der Waals surface area contributed by atoms with Gasteiger partial charge in [0.15, 0.2) is 5.76 Å². The molecule has 6 nitrogen and oxygen atoms in total. The number of ether oxygens (including phenoxy) is 3. The fourth-order valence-corrected chi connectivity index (χ4v) is 4.49. The predicted octanol–water partition coefficient (Wildman–Crippen LogP) is 5.53. The van der Waals surface area contributed by atoms with E-state index >= 15 is 0 Å². The third-order valence-corrected chi connectivity index (χ3v) is 6.20. The number of amides is 1. The van der Waals surface area contributed by atoms with Gasteiger partial charge in [-0.3, -0.25) is 4.79 Å². The first-order valence-electron chi connectivity index (χ1n) is 10.3. The van der Waals surface area contributed by atoms with E-state index in [-0.39, 0.29) is 12.3 Å². The lowest BCUT2D eigenvalue weighted by molar-refractivity contribution is -0.130. The summed E-state index contributed by atoms with van der Waals surface area (Å²) in [5, 5.41) is 11.0. The summed E-state index contributed by atoms with van der Waals surface area (Å²) in [5.74, 6) is 1.25. The number of carbonyl (C=O) groups excluding carboxylic acids is 1. The molecule has 0 saturated carbocycles. The van der Waals surface area contributed by atoms with Crippen LogP contribution >= 0.6 is 15.9 Å². The van der Waals surface area contributed by atoms with E-state index in [0.717, 1.165) is 21.2 Å². The smallest absolute Gasteiger partial charge is 0.290 e. The van der Waals surface area contributed by atoms with Gasteiger partial charge in [-0.1, -0.05) is 40.2 Å². The molecule has 4 rings (SSSR count). The molecule has 3 aromatic rings. The number of aliphatic hydroxyl groups excluding tert-OH is 1. The number of hydrogen-bond acceptors (Lipinski definition) is 5. The summed E-state index contributed by atoms with van der Waals surface area (Å²) in [6.07, 6.45) is 0. The van der Waals surface area contributed by atoms with Crippen LogP contribution in [0.25, 0.3) is 5.57 Å². The minimum absolute atomic E-state index is 0.243. The number of halogens is 1. The van der Waals surface area contributed by atoms with Crippen LogP contribution in [0.5, 0.6) is 17.2 Å². The van der Waals surface area contributed by atoms with Crippen molar-refractivity contribution in [1.82, 2.24) is 4.90 Å². The second-order valence-corrected chi connectivity index (χ2v) is 8.47. The lowest BCUT2D eigenvalue weighted by Gasteiger charge is -2.28. The van der Waals surface area contributed by atoms with Gasteiger partial charge in [-0.05, 0) is 47.5 Å². The first-order chi connectivity index (χ1) is 16.0. The van der Waals surface area contributed by atoms with Gasteiger partial charge in [0.05, 0.1) is 33.9 Å². The molecular formula is C26H24BrNO5. The molecule has 1 N–H and O–H groups in total. The topological polar surface area (TPSA) is 68.2 Å². The molecule has 0 aliphatic carbocycles. The predicted molar refractivity (Wildman–Crippen MR) is 130 cm³/mol. The van der Waals surface area contributed by atoms with Crippen LogP contribution in [-0.2, 0) is 11.3 Å². The average Bonchev–Trinajstić information content (AvgIpc) is 3.09. The molecule has 1 unspecified atom stereocenters. The summed E-state index contributed by atoms with van der Waals surface area (Å²) in [6.45, 7) is 0.243. The Morgan fingerprint density at radius 3 is 2.24 bits per heavy atom. The summed E-state index contributed by atoms with van der Waals surface area (Å²) >= 11 is 3.53. The molecule has 7 heteroatoms. The van der Waals surface area contributed by atoms with E-state index in [1.807, 2.05) is 60.7 Å². The fourth-order valence-electron chi connectivity index (χ4n) is 4.07. The van der Waals surface area contributed by atoms with Gasteiger partial charge in [0.2, 0.25) is 0 Å². The van der Waals surface area contributed by atoms with Gasteiger partial charge >= 0.3 is 0 Å². The normalized spacial score (nSPS) is 15.7. The van der Waals surface area contributed by atoms with E-state index in [2.05, 4.69) is 15.9 Å².